The van der Waals surface area contributed by atoms with Crippen LogP contribution >= 0.6 is 0 Å². The molecule has 1 N–H and O–H groups in total. The average molecular weight is 236 g/mol. The van der Waals surface area contributed by atoms with Gasteiger partial charge in [0.15, 0.2) is 0 Å². The van der Waals surface area contributed by atoms with Crippen LogP contribution < -0.4 is 9.47 Å². The predicted octanol–water partition coefficient (Wildman–Crippen LogP) is 2.44. The molecule has 0 saturated heterocycles. The topological polar surface area (TPSA) is 55.8 Å². The maximum atomic E-state index is 10.7. The molecule has 1 aromatic carbocycles. The molecule has 1 atom stereocenters. The highest BCUT2D eigenvalue weighted by Crippen LogP contribution is 2.25. The first kappa shape index (κ1) is 13.1. The van der Waals surface area contributed by atoms with Crippen molar-refractivity contribution in [1.82, 2.24) is 0 Å². The molecule has 0 aliphatic heterocycles. The molecule has 0 aliphatic rings. The number of rotatable bonds is 5. The van der Waals surface area contributed by atoms with Crippen LogP contribution in [0, 0.1) is 5.92 Å². The van der Waals surface area contributed by atoms with Crippen LogP contribution in [0.3, 0.4) is 0 Å². The highest BCUT2D eigenvalue weighted by atomic mass is 16.5. The maximum Gasteiger partial charge on any atom is 0.310 e. The SMILES string of the molecule is COc1ccc(OC)c(/C=C/C(C)C(=O)O)c1. The highest BCUT2D eigenvalue weighted by Gasteiger charge is 2.07. The van der Waals surface area contributed by atoms with Crippen molar-refractivity contribution in [3.8, 4) is 11.5 Å². The molecule has 0 fully saturated rings. The van der Waals surface area contributed by atoms with Crippen LogP contribution in [0.4, 0.5) is 0 Å². The summed E-state index contributed by atoms with van der Waals surface area (Å²) in [6.07, 6.45) is 3.33. The van der Waals surface area contributed by atoms with E-state index < -0.39 is 11.9 Å². The van der Waals surface area contributed by atoms with Crippen LogP contribution in [0.25, 0.3) is 6.08 Å². The third-order valence-corrected chi connectivity index (χ3v) is 2.39. The number of aliphatic carboxylic acids is 1. The Morgan fingerprint density at radius 1 is 1.35 bits per heavy atom. The highest BCUT2D eigenvalue weighted by molar-refractivity contribution is 5.74. The van der Waals surface area contributed by atoms with Gasteiger partial charge in [-0.3, -0.25) is 4.79 Å². The number of benzene rings is 1. The number of hydrogen-bond donors (Lipinski definition) is 1. The normalized spacial score (nSPS) is 12.4. The first-order valence-electron chi connectivity index (χ1n) is 5.21. The third kappa shape index (κ3) is 3.52. The first-order valence-corrected chi connectivity index (χ1v) is 5.21. The van der Waals surface area contributed by atoms with Crippen LogP contribution in [0.2, 0.25) is 0 Å². The summed E-state index contributed by atoms with van der Waals surface area (Å²) in [5.74, 6) is -0.0120. The van der Waals surface area contributed by atoms with E-state index >= 15 is 0 Å². The fourth-order valence-corrected chi connectivity index (χ4v) is 1.30. The van der Waals surface area contributed by atoms with Crippen molar-refractivity contribution in [3.05, 3.63) is 29.8 Å². The molecule has 0 aromatic heterocycles. The number of methoxy groups -OCH3 is 2. The Bertz CT molecular complexity index is 423. The summed E-state index contributed by atoms with van der Waals surface area (Å²) in [6, 6.07) is 5.37. The molecule has 1 rings (SSSR count). The van der Waals surface area contributed by atoms with Crippen molar-refractivity contribution >= 4 is 12.0 Å². The van der Waals surface area contributed by atoms with Gasteiger partial charge in [0.05, 0.1) is 20.1 Å². The summed E-state index contributed by atoms with van der Waals surface area (Å²) in [7, 11) is 3.15. The van der Waals surface area contributed by atoms with Crippen molar-refractivity contribution in [2.45, 2.75) is 6.92 Å². The van der Waals surface area contributed by atoms with Gasteiger partial charge < -0.3 is 14.6 Å². The van der Waals surface area contributed by atoms with Gasteiger partial charge in [-0.1, -0.05) is 12.2 Å². The number of carboxylic acids is 1. The molecule has 1 aromatic rings. The fourth-order valence-electron chi connectivity index (χ4n) is 1.30. The Labute approximate surface area is 100 Å². The van der Waals surface area contributed by atoms with E-state index in [9.17, 15) is 4.79 Å². The molecular weight excluding hydrogens is 220 g/mol. The summed E-state index contributed by atoms with van der Waals surface area (Å²) < 4.78 is 10.3. The summed E-state index contributed by atoms with van der Waals surface area (Å²) in [5.41, 5.74) is 0.792. The van der Waals surface area contributed by atoms with Gasteiger partial charge in [0.25, 0.3) is 0 Å². The van der Waals surface area contributed by atoms with E-state index in [1.54, 1.807) is 51.5 Å². The van der Waals surface area contributed by atoms with Crippen LogP contribution in [0.1, 0.15) is 12.5 Å². The Balaban J connectivity index is 2.98. The van der Waals surface area contributed by atoms with E-state index in [4.69, 9.17) is 14.6 Å². The quantitative estimate of drug-likeness (QED) is 0.853. The fraction of sp³-hybridized carbons (Fsp3) is 0.308. The molecule has 4 nitrogen and oxygen atoms in total. The summed E-state index contributed by atoms with van der Waals surface area (Å²) in [6.45, 7) is 1.62. The van der Waals surface area contributed by atoms with Crippen molar-refractivity contribution in [1.29, 1.82) is 0 Å². The molecule has 0 spiro atoms. The van der Waals surface area contributed by atoms with Crippen LogP contribution in [0.15, 0.2) is 24.3 Å². The molecule has 0 radical (unpaired) electrons. The Morgan fingerprint density at radius 2 is 2.06 bits per heavy atom. The van der Waals surface area contributed by atoms with E-state index in [2.05, 4.69) is 0 Å². The number of carbonyl (C=O) groups is 1. The number of carboxylic acid groups (broad SMARTS) is 1. The van der Waals surface area contributed by atoms with E-state index in [1.807, 2.05) is 0 Å². The van der Waals surface area contributed by atoms with Crippen molar-refractivity contribution in [2.24, 2.45) is 5.92 Å². The largest absolute Gasteiger partial charge is 0.497 e. The second kappa shape index (κ2) is 5.94. The van der Waals surface area contributed by atoms with Crippen LogP contribution in [-0.2, 0) is 4.79 Å². The van der Waals surface area contributed by atoms with Crippen LogP contribution in [0.5, 0.6) is 11.5 Å². The molecule has 0 amide bonds. The molecule has 0 saturated carbocycles. The molecule has 17 heavy (non-hydrogen) atoms. The zero-order chi connectivity index (χ0) is 12.8. The number of hydrogen-bond acceptors (Lipinski definition) is 3. The van der Waals surface area contributed by atoms with Gasteiger partial charge in [-0.15, -0.1) is 0 Å². The Morgan fingerprint density at radius 3 is 2.59 bits per heavy atom. The zero-order valence-corrected chi connectivity index (χ0v) is 10.1. The van der Waals surface area contributed by atoms with E-state index in [0.29, 0.717) is 11.5 Å². The molecule has 92 valence electrons. The molecule has 1 unspecified atom stereocenters. The summed E-state index contributed by atoms with van der Waals surface area (Å²) in [5, 5.41) is 8.78. The zero-order valence-electron chi connectivity index (χ0n) is 10.1. The first-order chi connectivity index (χ1) is 8.08. The summed E-state index contributed by atoms with van der Waals surface area (Å²) >= 11 is 0. The van der Waals surface area contributed by atoms with Gasteiger partial charge in [0.1, 0.15) is 11.5 Å². The number of ether oxygens (including phenoxy) is 2. The molecule has 0 heterocycles. The van der Waals surface area contributed by atoms with Crippen molar-refractivity contribution < 1.29 is 19.4 Å². The van der Waals surface area contributed by atoms with E-state index in [-0.39, 0.29) is 0 Å². The van der Waals surface area contributed by atoms with Crippen molar-refractivity contribution in [3.63, 3.8) is 0 Å². The lowest BCUT2D eigenvalue weighted by Gasteiger charge is -2.07. The van der Waals surface area contributed by atoms with E-state index in [0.717, 1.165) is 5.56 Å². The second-order valence-electron chi connectivity index (χ2n) is 3.59. The van der Waals surface area contributed by atoms with Gasteiger partial charge >= 0.3 is 5.97 Å². The van der Waals surface area contributed by atoms with Crippen LogP contribution in [-0.4, -0.2) is 25.3 Å². The molecular formula is C13H16O4. The minimum absolute atomic E-state index is 0.536. The molecule has 4 heteroatoms. The monoisotopic (exact) mass is 236 g/mol. The van der Waals surface area contributed by atoms with Gasteiger partial charge in [-0.05, 0) is 25.1 Å². The lowest BCUT2D eigenvalue weighted by Crippen LogP contribution is -2.05. The minimum Gasteiger partial charge on any atom is -0.497 e. The van der Waals surface area contributed by atoms with Gasteiger partial charge in [0.2, 0.25) is 0 Å². The molecule has 0 bridgehead atoms. The Kier molecular flexibility index (Phi) is 4.57. The lowest BCUT2D eigenvalue weighted by molar-refractivity contribution is -0.139. The third-order valence-electron chi connectivity index (χ3n) is 2.39. The van der Waals surface area contributed by atoms with E-state index in [1.165, 1.54) is 0 Å². The maximum absolute atomic E-state index is 10.7. The summed E-state index contributed by atoms with van der Waals surface area (Å²) in [4.78, 5) is 10.7. The lowest BCUT2D eigenvalue weighted by atomic mass is 10.1. The Hall–Kier alpha value is -1.97. The predicted molar refractivity (Wildman–Crippen MR) is 65.4 cm³/mol. The minimum atomic E-state index is -0.858. The van der Waals surface area contributed by atoms with Crippen molar-refractivity contribution in [2.75, 3.05) is 14.2 Å². The standard InChI is InChI=1S/C13H16O4/c1-9(13(14)15)4-5-10-8-11(16-2)6-7-12(10)17-3/h4-9H,1-3H3,(H,14,15)/b5-4+. The van der Waals surface area contributed by atoms with Gasteiger partial charge in [-0.2, -0.15) is 0 Å². The molecule has 0 aliphatic carbocycles. The van der Waals surface area contributed by atoms with Gasteiger partial charge in [-0.25, -0.2) is 0 Å². The average Bonchev–Trinajstić information content (AvgIpc) is 2.35. The second-order valence-corrected chi connectivity index (χ2v) is 3.59. The van der Waals surface area contributed by atoms with Gasteiger partial charge in [0, 0.05) is 5.56 Å². The smallest absolute Gasteiger partial charge is 0.310 e.